The molecule has 1 amide bonds. The third-order valence-electron chi connectivity index (χ3n) is 2.88. The number of rotatable bonds is 11. The molecule has 1 unspecified atom stereocenters. The molecule has 0 rings (SSSR count). The fourth-order valence-electron chi connectivity index (χ4n) is 1.65. The molecule has 18 heavy (non-hydrogen) atoms. The maximum Gasteiger partial charge on any atom is 0.221 e. The van der Waals surface area contributed by atoms with Gasteiger partial charge in [0.05, 0.1) is 6.10 Å². The minimum absolute atomic E-state index is 0.0459. The molecule has 0 aliphatic carbocycles. The Morgan fingerprint density at radius 3 is 2.61 bits per heavy atom. The van der Waals surface area contributed by atoms with Crippen LogP contribution >= 0.6 is 0 Å². The highest BCUT2D eigenvalue weighted by Crippen LogP contribution is 2.04. The Morgan fingerprint density at radius 1 is 1.33 bits per heavy atom. The van der Waals surface area contributed by atoms with Crippen molar-refractivity contribution in [3.63, 3.8) is 0 Å². The molecule has 0 bridgehead atoms. The second-order valence-electron chi connectivity index (χ2n) is 4.48. The summed E-state index contributed by atoms with van der Waals surface area (Å²) in [5.41, 5.74) is 5.26. The first kappa shape index (κ1) is 17.3. The van der Waals surface area contributed by atoms with Crippen molar-refractivity contribution in [2.75, 3.05) is 33.7 Å². The van der Waals surface area contributed by atoms with Crippen LogP contribution in [0.15, 0.2) is 0 Å². The van der Waals surface area contributed by atoms with Crippen molar-refractivity contribution in [3.8, 4) is 0 Å². The van der Waals surface area contributed by atoms with Gasteiger partial charge in [0, 0.05) is 25.6 Å². The van der Waals surface area contributed by atoms with Crippen LogP contribution in [0.4, 0.5) is 0 Å². The molecule has 0 aromatic heterocycles. The van der Waals surface area contributed by atoms with E-state index in [1.54, 1.807) is 0 Å². The number of aliphatic hydroxyl groups is 1. The van der Waals surface area contributed by atoms with Crippen molar-refractivity contribution in [1.29, 1.82) is 0 Å². The first-order valence-corrected chi connectivity index (χ1v) is 6.60. The van der Waals surface area contributed by atoms with Crippen molar-refractivity contribution >= 4 is 5.91 Å². The van der Waals surface area contributed by atoms with Crippen molar-refractivity contribution in [2.24, 2.45) is 5.73 Å². The standard InChI is InChI=1S/C12H28N4O2/c1-14-6-4-3-5-10(15-2)7-12(18)16-9-11(17)8-13/h10-11,14-15,17H,3-9,13H2,1-2H3,(H,16,18)/t10-,11?/m0/s1. The van der Waals surface area contributed by atoms with Crippen LogP contribution in [0.3, 0.4) is 0 Å². The molecule has 6 nitrogen and oxygen atoms in total. The van der Waals surface area contributed by atoms with Crippen LogP contribution < -0.4 is 21.7 Å². The van der Waals surface area contributed by atoms with Crippen molar-refractivity contribution in [1.82, 2.24) is 16.0 Å². The maximum absolute atomic E-state index is 11.6. The van der Waals surface area contributed by atoms with Gasteiger partial charge in [-0.05, 0) is 33.5 Å². The van der Waals surface area contributed by atoms with Gasteiger partial charge >= 0.3 is 0 Å². The average Bonchev–Trinajstić information content (AvgIpc) is 2.39. The molecule has 0 saturated carbocycles. The number of carbonyl (C=O) groups excluding carboxylic acids is 1. The van der Waals surface area contributed by atoms with Gasteiger partial charge in [-0.15, -0.1) is 0 Å². The zero-order valence-corrected chi connectivity index (χ0v) is 11.5. The van der Waals surface area contributed by atoms with Gasteiger partial charge in [-0.2, -0.15) is 0 Å². The van der Waals surface area contributed by atoms with E-state index in [1.807, 2.05) is 14.1 Å². The van der Waals surface area contributed by atoms with E-state index >= 15 is 0 Å². The molecule has 0 aromatic rings. The van der Waals surface area contributed by atoms with E-state index in [0.717, 1.165) is 25.8 Å². The van der Waals surface area contributed by atoms with Crippen LogP contribution in [-0.2, 0) is 4.79 Å². The number of amides is 1. The van der Waals surface area contributed by atoms with Crippen LogP contribution in [0.1, 0.15) is 25.7 Å². The average molecular weight is 260 g/mol. The van der Waals surface area contributed by atoms with Crippen LogP contribution in [0.5, 0.6) is 0 Å². The summed E-state index contributed by atoms with van der Waals surface area (Å²) >= 11 is 0. The molecule has 6 heteroatoms. The lowest BCUT2D eigenvalue weighted by Crippen LogP contribution is -2.39. The normalized spacial score (nSPS) is 14.2. The number of nitrogens with two attached hydrogens (primary N) is 1. The second kappa shape index (κ2) is 11.4. The van der Waals surface area contributed by atoms with E-state index in [4.69, 9.17) is 5.73 Å². The molecular weight excluding hydrogens is 232 g/mol. The molecule has 0 aliphatic rings. The lowest BCUT2D eigenvalue weighted by Gasteiger charge is -2.16. The van der Waals surface area contributed by atoms with Gasteiger partial charge in [0.15, 0.2) is 0 Å². The van der Waals surface area contributed by atoms with E-state index in [1.165, 1.54) is 0 Å². The van der Waals surface area contributed by atoms with E-state index in [9.17, 15) is 9.90 Å². The zero-order valence-electron chi connectivity index (χ0n) is 11.5. The van der Waals surface area contributed by atoms with Gasteiger partial charge in [0.25, 0.3) is 0 Å². The summed E-state index contributed by atoms with van der Waals surface area (Å²) in [4.78, 5) is 11.6. The summed E-state index contributed by atoms with van der Waals surface area (Å²) in [6.45, 7) is 1.40. The van der Waals surface area contributed by atoms with Crippen LogP contribution in [0.2, 0.25) is 0 Å². The third kappa shape index (κ3) is 9.35. The Hall–Kier alpha value is -0.690. The molecule has 0 radical (unpaired) electrons. The monoisotopic (exact) mass is 260 g/mol. The van der Waals surface area contributed by atoms with Gasteiger partial charge in [-0.25, -0.2) is 0 Å². The quantitative estimate of drug-likeness (QED) is 0.300. The highest BCUT2D eigenvalue weighted by Gasteiger charge is 2.12. The highest BCUT2D eigenvalue weighted by molar-refractivity contribution is 5.76. The van der Waals surface area contributed by atoms with Crippen LogP contribution in [0.25, 0.3) is 0 Å². The SMILES string of the molecule is CNCCCC[C@@H](CC(=O)NCC(O)CN)NC. The molecule has 0 spiro atoms. The number of aliphatic hydroxyl groups excluding tert-OH is 1. The predicted octanol–water partition coefficient (Wildman–Crippen LogP) is -1.21. The number of nitrogens with one attached hydrogen (secondary N) is 3. The molecule has 0 aromatic carbocycles. The van der Waals surface area contributed by atoms with Crippen LogP contribution in [0, 0.1) is 0 Å². The Bertz CT molecular complexity index is 214. The van der Waals surface area contributed by atoms with Crippen molar-refractivity contribution in [3.05, 3.63) is 0 Å². The predicted molar refractivity (Wildman–Crippen MR) is 73.3 cm³/mol. The lowest BCUT2D eigenvalue weighted by molar-refractivity contribution is -0.122. The number of hydrogen-bond acceptors (Lipinski definition) is 5. The van der Waals surface area contributed by atoms with Crippen molar-refractivity contribution in [2.45, 2.75) is 37.8 Å². The number of hydrogen-bond donors (Lipinski definition) is 5. The molecule has 2 atom stereocenters. The topological polar surface area (TPSA) is 99.4 Å². The summed E-state index contributed by atoms with van der Waals surface area (Å²) in [5, 5.41) is 18.2. The Balaban J connectivity index is 3.72. The van der Waals surface area contributed by atoms with Gasteiger partial charge in [0.1, 0.15) is 0 Å². The summed E-state index contributed by atoms with van der Waals surface area (Å²) in [6.07, 6.45) is 2.96. The minimum Gasteiger partial charge on any atom is -0.390 e. The van der Waals surface area contributed by atoms with E-state index < -0.39 is 6.10 Å². The third-order valence-corrected chi connectivity index (χ3v) is 2.88. The summed E-state index contributed by atoms with van der Waals surface area (Å²) in [7, 11) is 3.80. The van der Waals surface area contributed by atoms with Gasteiger partial charge < -0.3 is 26.8 Å². The summed E-state index contributed by atoms with van der Waals surface area (Å²) in [5.74, 6) is -0.0459. The molecule has 0 fully saturated rings. The maximum atomic E-state index is 11.6. The molecule has 0 heterocycles. The van der Waals surface area contributed by atoms with E-state index in [-0.39, 0.29) is 25.0 Å². The van der Waals surface area contributed by atoms with Crippen LogP contribution in [-0.4, -0.2) is 56.9 Å². The van der Waals surface area contributed by atoms with Gasteiger partial charge in [0.2, 0.25) is 5.91 Å². The molecule has 0 saturated heterocycles. The van der Waals surface area contributed by atoms with Crippen molar-refractivity contribution < 1.29 is 9.90 Å². The molecule has 108 valence electrons. The fourth-order valence-corrected chi connectivity index (χ4v) is 1.65. The van der Waals surface area contributed by atoms with E-state index in [2.05, 4.69) is 16.0 Å². The lowest BCUT2D eigenvalue weighted by atomic mass is 10.1. The smallest absolute Gasteiger partial charge is 0.221 e. The Morgan fingerprint density at radius 2 is 2.06 bits per heavy atom. The number of carbonyl (C=O) groups is 1. The largest absolute Gasteiger partial charge is 0.390 e. The summed E-state index contributed by atoms with van der Waals surface area (Å²) in [6, 6.07) is 0.192. The minimum atomic E-state index is -0.655. The van der Waals surface area contributed by atoms with E-state index in [0.29, 0.717) is 6.42 Å². The first-order chi connectivity index (χ1) is 8.63. The summed E-state index contributed by atoms with van der Waals surface area (Å²) < 4.78 is 0. The Kier molecular flexibility index (Phi) is 11.0. The molecule has 6 N–H and O–H groups in total. The molecule has 0 aliphatic heterocycles. The number of unbranched alkanes of at least 4 members (excludes halogenated alkanes) is 1. The van der Waals surface area contributed by atoms with Gasteiger partial charge in [-0.3, -0.25) is 4.79 Å². The first-order valence-electron chi connectivity index (χ1n) is 6.60. The molecular formula is C12H28N4O2. The second-order valence-corrected chi connectivity index (χ2v) is 4.48. The fraction of sp³-hybridized carbons (Fsp3) is 0.917. The van der Waals surface area contributed by atoms with Gasteiger partial charge in [-0.1, -0.05) is 6.42 Å². The highest BCUT2D eigenvalue weighted by atomic mass is 16.3. The zero-order chi connectivity index (χ0) is 13.8. The Labute approximate surface area is 110 Å².